The van der Waals surface area contributed by atoms with E-state index < -0.39 is 0 Å². The van der Waals surface area contributed by atoms with Crippen LogP contribution in [0.15, 0.2) is 0 Å². The fourth-order valence-corrected chi connectivity index (χ4v) is 1.80. The molecule has 0 rings (SSSR count). The minimum atomic E-state index is 0.316. The fourth-order valence-electron chi connectivity index (χ4n) is 1.80. The molecule has 0 fully saturated rings. The lowest BCUT2D eigenvalue weighted by Gasteiger charge is -2.22. The van der Waals surface area contributed by atoms with Crippen LogP contribution in [-0.2, 0) is 23.7 Å². The van der Waals surface area contributed by atoms with E-state index in [1.54, 1.807) is 0 Å². The highest BCUT2D eigenvalue weighted by Crippen LogP contribution is 1.92. The quantitative estimate of drug-likeness (QED) is 0.249. The van der Waals surface area contributed by atoms with Gasteiger partial charge in [0.05, 0.1) is 52.9 Å². The lowest BCUT2D eigenvalue weighted by atomic mass is 10.4. The summed E-state index contributed by atoms with van der Waals surface area (Å²) in [4.78, 5) is 2.22. The molecule has 0 heterocycles. The first-order valence-electron chi connectivity index (χ1n) is 8.53. The summed E-state index contributed by atoms with van der Waals surface area (Å²) in [7, 11) is 0. The standard InChI is InChI=1S/C18H32N2O5/c1-3-9-21-15-17-24-13-7-20(6-12-23-11-5-19)8-14-25-18-16-22-10-4-2/h1-2H,5-19H2. The van der Waals surface area contributed by atoms with Crippen LogP contribution in [0.25, 0.3) is 0 Å². The van der Waals surface area contributed by atoms with E-state index in [0.29, 0.717) is 72.6 Å². The maximum atomic E-state index is 5.53. The first-order chi connectivity index (χ1) is 12.3. The van der Waals surface area contributed by atoms with Crippen molar-refractivity contribution in [1.29, 1.82) is 0 Å². The molecule has 0 saturated carbocycles. The van der Waals surface area contributed by atoms with Crippen molar-refractivity contribution in [2.45, 2.75) is 0 Å². The van der Waals surface area contributed by atoms with Gasteiger partial charge in [-0.25, -0.2) is 0 Å². The monoisotopic (exact) mass is 356 g/mol. The number of hydrogen-bond donors (Lipinski definition) is 1. The molecule has 2 N–H and O–H groups in total. The van der Waals surface area contributed by atoms with Crippen LogP contribution >= 0.6 is 0 Å². The summed E-state index contributed by atoms with van der Waals surface area (Å²) >= 11 is 0. The molecule has 0 spiro atoms. The number of ether oxygens (including phenoxy) is 5. The Balaban J connectivity index is 3.75. The number of terminal acetylenes is 2. The molecule has 0 aliphatic rings. The van der Waals surface area contributed by atoms with Crippen molar-refractivity contribution >= 4 is 0 Å². The zero-order valence-electron chi connectivity index (χ0n) is 15.1. The third kappa shape index (κ3) is 19.0. The molecule has 0 radical (unpaired) electrons. The summed E-state index contributed by atoms with van der Waals surface area (Å²) in [5.74, 6) is 4.83. The SMILES string of the molecule is C#CCOCCOCCN(CCOCCN)CCOCCOCC#C. The normalized spacial score (nSPS) is 10.7. The summed E-state index contributed by atoms with van der Waals surface area (Å²) in [6.45, 7) is 8.04. The molecule has 0 aliphatic carbocycles. The maximum absolute atomic E-state index is 5.53. The van der Waals surface area contributed by atoms with Gasteiger partial charge in [-0.05, 0) is 0 Å². The smallest absolute Gasteiger partial charge is 0.107 e. The summed E-state index contributed by atoms with van der Waals surface area (Å²) < 4.78 is 26.8. The molecule has 0 saturated heterocycles. The molecule has 144 valence electrons. The first kappa shape index (κ1) is 23.8. The number of nitrogens with zero attached hydrogens (tertiary/aromatic N) is 1. The van der Waals surface area contributed by atoms with Crippen LogP contribution in [0, 0.1) is 24.7 Å². The van der Waals surface area contributed by atoms with E-state index in [-0.39, 0.29) is 0 Å². The predicted octanol–water partition coefficient (Wildman–Crippen LogP) is -0.403. The van der Waals surface area contributed by atoms with Gasteiger partial charge >= 0.3 is 0 Å². The van der Waals surface area contributed by atoms with E-state index in [0.717, 1.165) is 19.6 Å². The summed E-state index contributed by atoms with van der Waals surface area (Å²) in [5.41, 5.74) is 5.41. The summed E-state index contributed by atoms with van der Waals surface area (Å²) in [6, 6.07) is 0. The van der Waals surface area contributed by atoms with Gasteiger partial charge in [0, 0.05) is 26.2 Å². The molecule has 0 amide bonds. The average molecular weight is 356 g/mol. The minimum absolute atomic E-state index is 0.316. The van der Waals surface area contributed by atoms with Crippen molar-refractivity contribution in [3.05, 3.63) is 0 Å². The third-order valence-electron chi connectivity index (χ3n) is 3.03. The van der Waals surface area contributed by atoms with Crippen molar-refractivity contribution < 1.29 is 23.7 Å². The molecule has 0 atom stereocenters. The van der Waals surface area contributed by atoms with Gasteiger partial charge in [-0.15, -0.1) is 12.8 Å². The van der Waals surface area contributed by atoms with Crippen LogP contribution < -0.4 is 5.73 Å². The Bertz CT molecular complexity index is 326. The molecule has 0 unspecified atom stereocenters. The largest absolute Gasteiger partial charge is 0.379 e. The van der Waals surface area contributed by atoms with Crippen molar-refractivity contribution in [3.63, 3.8) is 0 Å². The van der Waals surface area contributed by atoms with Crippen LogP contribution in [0.2, 0.25) is 0 Å². The maximum Gasteiger partial charge on any atom is 0.107 e. The molecule has 0 aromatic heterocycles. The summed E-state index contributed by atoms with van der Waals surface area (Å²) in [6.07, 6.45) is 10.2. The number of hydrogen-bond acceptors (Lipinski definition) is 7. The molecule has 0 aliphatic heterocycles. The Morgan fingerprint density at radius 2 is 1.00 bits per heavy atom. The average Bonchev–Trinajstić information content (AvgIpc) is 2.63. The Kier molecular flexibility index (Phi) is 19.9. The van der Waals surface area contributed by atoms with Crippen molar-refractivity contribution in [3.8, 4) is 24.7 Å². The lowest BCUT2D eigenvalue weighted by molar-refractivity contribution is 0.0241. The predicted molar refractivity (Wildman–Crippen MR) is 97.3 cm³/mol. The van der Waals surface area contributed by atoms with Crippen LogP contribution in [0.3, 0.4) is 0 Å². The van der Waals surface area contributed by atoms with Crippen molar-refractivity contribution in [2.24, 2.45) is 5.73 Å². The second-order valence-electron chi connectivity index (χ2n) is 4.98. The van der Waals surface area contributed by atoms with E-state index in [4.69, 9.17) is 42.3 Å². The first-order valence-corrected chi connectivity index (χ1v) is 8.53. The van der Waals surface area contributed by atoms with Crippen LogP contribution in [0.5, 0.6) is 0 Å². The zero-order valence-corrected chi connectivity index (χ0v) is 15.1. The molecule has 0 aromatic carbocycles. The van der Waals surface area contributed by atoms with E-state index >= 15 is 0 Å². The molecule has 0 aromatic rings. The van der Waals surface area contributed by atoms with Crippen molar-refractivity contribution in [1.82, 2.24) is 4.90 Å². The Morgan fingerprint density at radius 3 is 1.40 bits per heavy atom. The molecule has 7 heteroatoms. The van der Waals surface area contributed by atoms with Gasteiger partial charge in [0.2, 0.25) is 0 Å². The van der Waals surface area contributed by atoms with Gasteiger partial charge in [-0.2, -0.15) is 0 Å². The molecule has 7 nitrogen and oxygen atoms in total. The van der Waals surface area contributed by atoms with E-state index in [2.05, 4.69) is 16.7 Å². The van der Waals surface area contributed by atoms with Crippen LogP contribution in [-0.4, -0.2) is 97.1 Å². The van der Waals surface area contributed by atoms with Gasteiger partial charge in [0.15, 0.2) is 0 Å². The van der Waals surface area contributed by atoms with Crippen molar-refractivity contribution in [2.75, 3.05) is 92.2 Å². The van der Waals surface area contributed by atoms with Gasteiger partial charge in [0.25, 0.3) is 0 Å². The zero-order chi connectivity index (χ0) is 18.4. The van der Waals surface area contributed by atoms with Gasteiger partial charge in [-0.1, -0.05) is 11.8 Å². The van der Waals surface area contributed by atoms with Gasteiger partial charge in [-0.3, -0.25) is 4.90 Å². The molecule has 0 bridgehead atoms. The molecule has 25 heavy (non-hydrogen) atoms. The second kappa shape index (κ2) is 20.9. The minimum Gasteiger partial charge on any atom is -0.379 e. The van der Waals surface area contributed by atoms with E-state index in [1.165, 1.54) is 0 Å². The lowest BCUT2D eigenvalue weighted by Crippen LogP contribution is -2.34. The topological polar surface area (TPSA) is 75.4 Å². The van der Waals surface area contributed by atoms with E-state index in [1.807, 2.05) is 0 Å². The highest BCUT2D eigenvalue weighted by molar-refractivity contribution is 4.83. The highest BCUT2D eigenvalue weighted by Gasteiger charge is 2.05. The Morgan fingerprint density at radius 1 is 0.600 bits per heavy atom. The van der Waals surface area contributed by atoms with Crippen LogP contribution in [0.4, 0.5) is 0 Å². The molecular formula is C18H32N2O5. The number of rotatable bonds is 19. The highest BCUT2D eigenvalue weighted by atomic mass is 16.5. The van der Waals surface area contributed by atoms with Gasteiger partial charge in [0.1, 0.15) is 13.2 Å². The van der Waals surface area contributed by atoms with Crippen LogP contribution in [0.1, 0.15) is 0 Å². The fraction of sp³-hybridized carbons (Fsp3) is 0.778. The Hall–Kier alpha value is -1.16. The van der Waals surface area contributed by atoms with E-state index in [9.17, 15) is 0 Å². The third-order valence-corrected chi connectivity index (χ3v) is 3.03. The number of nitrogens with two attached hydrogens (primary N) is 1. The van der Waals surface area contributed by atoms with Gasteiger partial charge < -0.3 is 29.4 Å². The second-order valence-corrected chi connectivity index (χ2v) is 4.98. The molecular weight excluding hydrogens is 324 g/mol. The Labute approximate surface area is 152 Å². The summed E-state index contributed by atoms with van der Waals surface area (Å²) in [5, 5.41) is 0.